The normalized spacial score (nSPS) is 57.0. The van der Waals surface area contributed by atoms with E-state index in [-0.39, 0.29) is 11.8 Å². The number of hydrogen-bond donors (Lipinski definition) is 3. The second kappa shape index (κ2) is 4.77. The molecule has 0 aromatic heterocycles. The lowest BCUT2D eigenvalue weighted by Gasteiger charge is -2.49. The number of aliphatic hydroxyl groups is 3. The van der Waals surface area contributed by atoms with Crippen molar-refractivity contribution in [1.29, 1.82) is 0 Å². The predicted octanol–water partition coefficient (Wildman–Crippen LogP) is 0.680. The van der Waals surface area contributed by atoms with E-state index >= 15 is 0 Å². The number of rotatable bonds is 1. The molecule has 120 valence electrons. The third kappa shape index (κ3) is 1.70. The van der Waals surface area contributed by atoms with Crippen LogP contribution in [0, 0.1) is 22.7 Å². The Morgan fingerprint density at radius 2 is 2.00 bits per heavy atom. The van der Waals surface area contributed by atoms with E-state index in [4.69, 9.17) is 9.47 Å². The van der Waals surface area contributed by atoms with Crippen LogP contribution in [0.5, 0.6) is 0 Å². The first-order valence-corrected chi connectivity index (χ1v) is 7.67. The number of fused-ring (bicyclic) bond motifs is 1. The topological polar surface area (TPSA) is 79.2 Å². The van der Waals surface area contributed by atoms with Crippen LogP contribution in [0.2, 0.25) is 0 Å². The maximum Gasteiger partial charge on any atom is 0.169 e. The molecule has 8 atom stereocenters. The third-order valence-corrected chi connectivity index (χ3v) is 6.60. The summed E-state index contributed by atoms with van der Waals surface area (Å²) in [6.45, 7) is 8.50. The molecule has 2 aliphatic carbocycles. The standard InChI is InChI=1S/C16H26O5/c1-8-5-11(17)12(18)10-6-16(13(19)15(8,10)3)9(2)7-21-14(16)20-4/h8,10-14,17-19H,2,5-7H2,1,3-4H3/t8-,10-,11-,12+,13-,14-,15+,16-/m1/s1. The number of aliphatic hydroxyl groups excluding tert-OH is 3. The molecular formula is C16H26O5. The minimum atomic E-state index is -0.828. The van der Waals surface area contributed by atoms with Gasteiger partial charge in [-0.15, -0.1) is 0 Å². The third-order valence-electron chi connectivity index (χ3n) is 6.60. The molecule has 1 spiro atoms. The summed E-state index contributed by atoms with van der Waals surface area (Å²) in [6, 6.07) is 0. The Balaban J connectivity index is 2.07. The predicted molar refractivity (Wildman–Crippen MR) is 76.3 cm³/mol. The zero-order valence-corrected chi connectivity index (χ0v) is 13.0. The molecule has 3 fully saturated rings. The molecule has 0 bridgehead atoms. The van der Waals surface area contributed by atoms with E-state index < -0.39 is 35.4 Å². The van der Waals surface area contributed by atoms with Crippen molar-refractivity contribution in [3.8, 4) is 0 Å². The average molecular weight is 298 g/mol. The summed E-state index contributed by atoms with van der Waals surface area (Å²) in [4.78, 5) is 0. The van der Waals surface area contributed by atoms with Gasteiger partial charge in [-0.1, -0.05) is 20.4 Å². The minimum absolute atomic E-state index is 0.0983. The van der Waals surface area contributed by atoms with Gasteiger partial charge in [0.15, 0.2) is 6.29 Å². The highest BCUT2D eigenvalue weighted by Gasteiger charge is 2.70. The summed E-state index contributed by atoms with van der Waals surface area (Å²) >= 11 is 0. The lowest BCUT2D eigenvalue weighted by molar-refractivity contribution is -0.179. The minimum Gasteiger partial charge on any atom is -0.391 e. The second-order valence-corrected chi connectivity index (χ2v) is 7.30. The lowest BCUT2D eigenvalue weighted by Crippen LogP contribution is -2.54. The highest BCUT2D eigenvalue weighted by molar-refractivity contribution is 5.28. The van der Waals surface area contributed by atoms with E-state index in [0.29, 0.717) is 19.4 Å². The highest BCUT2D eigenvalue weighted by Crippen LogP contribution is 2.66. The van der Waals surface area contributed by atoms with Crippen molar-refractivity contribution in [2.75, 3.05) is 13.7 Å². The van der Waals surface area contributed by atoms with E-state index in [1.165, 1.54) is 0 Å². The first kappa shape index (κ1) is 15.4. The van der Waals surface area contributed by atoms with Crippen LogP contribution in [-0.4, -0.2) is 53.6 Å². The molecule has 5 nitrogen and oxygen atoms in total. The maximum atomic E-state index is 11.2. The van der Waals surface area contributed by atoms with Crippen molar-refractivity contribution in [2.45, 2.75) is 51.3 Å². The number of ether oxygens (including phenoxy) is 2. The highest BCUT2D eigenvalue weighted by atomic mass is 16.7. The van der Waals surface area contributed by atoms with Gasteiger partial charge in [0.25, 0.3) is 0 Å². The summed E-state index contributed by atoms with van der Waals surface area (Å²) in [5.74, 6) is -0.0940. The fourth-order valence-electron chi connectivity index (χ4n) is 5.07. The van der Waals surface area contributed by atoms with E-state index in [1.807, 2.05) is 13.8 Å². The smallest absolute Gasteiger partial charge is 0.169 e. The zero-order valence-electron chi connectivity index (χ0n) is 13.0. The van der Waals surface area contributed by atoms with Crippen LogP contribution in [0.3, 0.4) is 0 Å². The fraction of sp³-hybridized carbons (Fsp3) is 0.875. The van der Waals surface area contributed by atoms with Gasteiger partial charge in [0.2, 0.25) is 0 Å². The SMILES string of the molecule is C=C1CO[C@@H](OC)[C@]12C[C@@H]1[C@H](O)[C@H](O)C[C@@H](C)[C@]1(C)[C@H]2O. The molecule has 2 saturated carbocycles. The van der Waals surface area contributed by atoms with Crippen molar-refractivity contribution in [1.82, 2.24) is 0 Å². The van der Waals surface area contributed by atoms with Crippen LogP contribution in [-0.2, 0) is 9.47 Å². The number of methoxy groups -OCH3 is 1. The summed E-state index contributed by atoms with van der Waals surface area (Å²) in [5, 5.41) is 31.7. The molecule has 3 aliphatic rings. The van der Waals surface area contributed by atoms with E-state index in [2.05, 4.69) is 6.58 Å². The largest absolute Gasteiger partial charge is 0.391 e. The van der Waals surface area contributed by atoms with Crippen molar-refractivity contribution in [3.05, 3.63) is 12.2 Å². The molecule has 3 N–H and O–H groups in total. The van der Waals surface area contributed by atoms with Crippen LogP contribution in [0.4, 0.5) is 0 Å². The van der Waals surface area contributed by atoms with Crippen LogP contribution >= 0.6 is 0 Å². The first-order valence-electron chi connectivity index (χ1n) is 7.67. The van der Waals surface area contributed by atoms with E-state index in [1.54, 1.807) is 7.11 Å². The van der Waals surface area contributed by atoms with Gasteiger partial charge in [-0.2, -0.15) is 0 Å². The summed E-state index contributed by atoms with van der Waals surface area (Å²) in [7, 11) is 1.57. The van der Waals surface area contributed by atoms with Gasteiger partial charge in [-0.05, 0) is 30.3 Å². The second-order valence-electron chi connectivity index (χ2n) is 7.30. The van der Waals surface area contributed by atoms with Crippen molar-refractivity contribution in [2.24, 2.45) is 22.7 Å². The summed E-state index contributed by atoms with van der Waals surface area (Å²) < 4.78 is 11.1. The summed E-state index contributed by atoms with van der Waals surface area (Å²) in [5.41, 5.74) is -0.342. The molecule has 0 aromatic carbocycles. The molecule has 21 heavy (non-hydrogen) atoms. The Morgan fingerprint density at radius 3 is 2.62 bits per heavy atom. The monoisotopic (exact) mass is 298 g/mol. The Kier molecular flexibility index (Phi) is 3.50. The van der Waals surface area contributed by atoms with Gasteiger partial charge < -0.3 is 24.8 Å². The molecule has 3 rings (SSSR count). The van der Waals surface area contributed by atoms with E-state index in [0.717, 1.165) is 5.57 Å². The van der Waals surface area contributed by atoms with Gasteiger partial charge in [-0.3, -0.25) is 0 Å². The lowest BCUT2D eigenvalue weighted by atomic mass is 9.60. The average Bonchev–Trinajstić information content (AvgIpc) is 2.89. The summed E-state index contributed by atoms with van der Waals surface area (Å²) in [6.07, 6.45) is -1.79. The molecule has 1 aliphatic heterocycles. The van der Waals surface area contributed by atoms with Gasteiger partial charge in [-0.25, -0.2) is 0 Å². The van der Waals surface area contributed by atoms with Crippen LogP contribution in [0.25, 0.3) is 0 Å². The Bertz CT molecular complexity index is 452. The molecular weight excluding hydrogens is 272 g/mol. The van der Waals surface area contributed by atoms with Crippen LogP contribution < -0.4 is 0 Å². The molecule has 5 heteroatoms. The molecule has 0 radical (unpaired) electrons. The zero-order chi connectivity index (χ0) is 15.6. The molecule has 1 heterocycles. The molecule has 0 aromatic rings. The molecule has 1 saturated heterocycles. The van der Waals surface area contributed by atoms with Gasteiger partial charge in [0.05, 0.1) is 30.3 Å². The fourth-order valence-corrected chi connectivity index (χ4v) is 5.07. The van der Waals surface area contributed by atoms with E-state index in [9.17, 15) is 15.3 Å². The molecule has 0 amide bonds. The number of hydrogen-bond acceptors (Lipinski definition) is 5. The Hall–Kier alpha value is -0.460. The van der Waals surface area contributed by atoms with Crippen LogP contribution in [0.15, 0.2) is 12.2 Å². The Labute approximate surface area is 125 Å². The maximum absolute atomic E-state index is 11.2. The molecule has 0 unspecified atom stereocenters. The Morgan fingerprint density at radius 1 is 1.33 bits per heavy atom. The van der Waals surface area contributed by atoms with Crippen molar-refractivity contribution >= 4 is 0 Å². The first-order chi connectivity index (χ1) is 9.80. The van der Waals surface area contributed by atoms with Crippen LogP contribution in [0.1, 0.15) is 26.7 Å². The van der Waals surface area contributed by atoms with Crippen molar-refractivity contribution in [3.63, 3.8) is 0 Å². The van der Waals surface area contributed by atoms with Gasteiger partial charge >= 0.3 is 0 Å². The van der Waals surface area contributed by atoms with Gasteiger partial charge in [0, 0.05) is 12.5 Å². The van der Waals surface area contributed by atoms with Crippen molar-refractivity contribution < 1.29 is 24.8 Å². The quantitative estimate of drug-likeness (QED) is 0.621. The van der Waals surface area contributed by atoms with Gasteiger partial charge in [0.1, 0.15) is 0 Å².